The topological polar surface area (TPSA) is 73.6 Å². The third kappa shape index (κ3) is 2.36. The van der Waals surface area contributed by atoms with Crippen LogP contribution in [0.3, 0.4) is 0 Å². The molecule has 0 saturated carbocycles. The van der Waals surface area contributed by atoms with Crippen LogP contribution in [0.4, 0.5) is 0 Å². The molecule has 0 aliphatic rings. The molecule has 0 spiro atoms. The van der Waals surface area contributed by atoms with E-state index in [1.54, 1.807) is 18.6 Å². The highest BCUT2D eigenvalue weighted by Gasteiger charge is 2.17. The summed E-state index contributed by atoms with van der Waals surface area (Å²) in [5.74, 6) is 0.656. The van der Waals surface area contributed by atoms with E-state index in [-0.39, 0.29) is 11.8 Å². The Morgan fingerprint density at radius 1 is 1.14 bits per heavy atom. The molecule has 6 heteroatoms. The van der Waals surface area contributed by atoms with E-state index in [1.165, 1.54) is 6.92 Å². The van der Waals surface area contributed by atoms with Crippen molar-refractivity contribution in [3.63, 3.8) is 0 Å². The highest BCUT2D eigenvalue weighted by Crippen LogP contribution is 2.26. The minimum Gasteiger partial charge on any atom is -0.293 e. The number of pyridine rings is 1. The monoisotopic (exact) mass is 295 g/mol. The summed E-state index contributed by atoms with van der Waals surface area (Å²) < 4.78 is 1.83. The molecule has 0 bridgehead atoms. The number of carbonyl (C=O) groups excluding carboxylic acids is 1. The third-order valence-corrected chi connectivity index (χ3v) is 3.49. The van der Waals surface area contributed by atoms with Gasteiger partial charge in [-0.15, -0.1) is 0 Å². The molecule has 3 heterocycles. The van der Waals surface area contributed by atoms with E-state index in [2.05, 4.69) is 20.1 Å². The molecule has 0 unspecified atom stereocenters. The van der Waals surface area contributed by atoms with Gasteiger partial charge in [-0.25, -0.2) is 9.97 Å². The van der Waals surface area contributed by atoms with Crippen LogP contribution in [0.25, 0.3) is 22.2 Å². The smallest absolute Gasteiger partial charge is 0.180 e. The van der Waals surface area contributed by atoms with Gasteiger partial charge in [-0.1, -0.05) is 0 Å². The van der Waals surface area contributed by atoms with Crippen LogP contribution in [0.5, 0.6) is 0 Å². The highest BCUT2D eigenvalue weighted by molar-refractivity contribution is 6.05. The van der Waals surface area contributed by atoms with Crippen LogP contribution in [-0.2, 0) is 0 Å². The van der Waals surface area contributed by atoms with Gasteiger partial charge in [0, 0.05) is 36.3 Å². The van der Waals surface area contributed by atoms with Crippen LogP contribution in [-0.4, -0.2) is 30.5 Å². The van der Waals surface area contributed by atoms with Gasteiger partial charge < -0.3 is 0 Å². The molecule has 0 aliphatic carbocycles. The van der Waals surface area contributed by atoms with Crippen LogP contribution < -0.4 is 0 Å². The quantitative estimate of drug-likeness (QED) is 0.694. The fraction of sp³-hybridized carbons (Fsp3) is 0.312. The van der Waals surface area contributed by atoms with Crippen molar-refractivity contribution in [2.75, 3.05) is 0 Å². The molecule has 0 radical (unpaired) electrons. The van der Waals surface area contributed by atoms with Gasteiger partial charge in [0.05, 0.1) is 17.4 Å². The zero-order valence-corrected chi connectivity index (χ0v) is 13.0. The molecule has 0 N–H and O–H groups in total. The molecule has 0 amide bonds. The first kappa shape index (κ1) is 14.3. The lowest BCUT2D eigenvalue weighted by atomic mass is 10.1. The van der Waals surface area contributed by atoms with Crippen LogP contribution in [0.15, 0.2) is 24.7 Å². The van der Waals surface area contributed by atoms with E-state index in [4.69, 9.17) is 0 Å². The first-order valence-corrected chi connectivity index (χ1v) is 7.15. The zero-order valence-electron chi connectivity index (χ0n) is 13.0. The van der Waals surface area contributed by atoms with Crippen molar-refractivity contribution in [3.8, 4) is 11.3 Å². The SMILES string of the molecule is CC(=O)c1nn(C(C)C)c2cnc(-c3cnc(C)nc3)cc12. The van der Waals surface area contributed by atoms with Gasteiger partial charge in [0.1, 0.15) is 11.5 Å². The van der Waals surface area contributed by atoms with Crippen LogP contribution in [0.2, 0.25) is 0 Å². The zero-order chi connectivity index (χ0) is 15.9. The summed E-state index contributed by atoms with van der Waals surface area (Å²) in [4.78, 5) is 24.7. The molecule has 112 valence electrons. The summed E-state index contributed by atoms with van der Waals surface area (Å²) in [5, 5.41) is 5.24. The maximum absolute atomic E-state index is 11.9. The number of aryl methyl sites for hydroxylation is 1. The molecule has 6 nitrogen and oxygen atoms in total. The summed E-state index contributed by atoms with van der Waals surface area (Å²) in [6, 6.07) is 2.04. The Kier molecular flexibility index (Phi) is 3.44. The molecule has 0 atom stereocenters. The second kappa shape index (κ2) is 5.29. The van der Waals surface area contributed by atoms with Crippen molar-refractivity contribution < 1.29 is 4.79 Å². The highest BCUT2D eigenvalue weighted by atomic mass is 16.1. The molecule has 0 aromatic carbocycles. The predicted octanol–water partition coefficient (Wildman–Crippen LogP) is 2.98. The summed E-state index contributed by atoms with van der Waals surface area (Å²) >= 11 is 0. The number of rotatable bonds is 3. The van der Waals surface area contributed by atoms with Crippen molar-refractivity contribution in [2.24, 2.45) is 0 Å². The average Bonchev–Trinajstić information content (AvgIpc) is 2.87. The Hall–Kier alpha value is -2.63. The molecular formula is C16H17N5O. The Labute approximate surface area is 128 Å². The Morgan fingerprint density at radius 3 is 2.41 bits per heavy atom. The van der Waals surface area contributed by atoms with Gasteiger partial charge in [-0.05, 0) is 26.8 Å². The minimum atomic E-state index is -0.0540. The molecule has 0 aliphatic heterocycles. The van der Waals surface area contributed by atoms with Gasteiger partial charge in [-0.2, -0.15) is 5.10 Å². The Bertz CT molecular complexity index is 849. The number of ketones is 1. The van der Waals surface area contributed by atoms with E-state index >= 15 is 0 Å². The summed E-state index contributed by atoms with van der Waals surface area (Å²) in [6.07, 6.45) is 5.22. The molecule has 3 rings (SSSR count). The van der Waals surface area contributed by atoms with Crippen molar-refractivity contribution in [2.45, 2.75) is 33.7 Å². The molecule has 3 aromatic rings. The van der Waals surface area contributed by atoms with Crippen molar-refractivity contribution >= 4 is 16.7 Å². The number of aromatic nitrogens is 5. The van der Waals surface area contributed by atoms with E-state index in [0.29, 0.717) is 11.5 Å². The number of nitrogens with zero attached hydrogens (tertiary/aromatic N) is 5. The fourth-order valence-electron chi connectivity index (χ4n) is 2.37. The maximum Gasteiger partial charge on any atom is 0.180 e. The largest absolute Gasteiger partial charge is 0.293 e. The lowest BCUT2D eigenvalue weighted by Crippen LogP contribution is -2.04. The van der Waals surface area contributed by atoms with Gasteiger partial charge >= 0.3 is 0 Å². The molecule has 0 fully saturated rings. The van der Waals surface area contributed by atoms with Crippen LogP contribution in [0.1, 0.15) is 43.1 Å². The lowest BCUT2D eigenvalue weighted by molar-refractivity contribution is 0.101. The first-order valence-electron chi connectivity index (χ1n) is 7.15. The molecule has 3 aromatic heterocycles. The normalized spacial score (nSPS) is 11.3. The Balaban J connectivity index is 2.22. The predicted molar refractivity (Wildman–Crippen MR) is 83.7 cm³/mol. The molecular weight excluding hydrogens is 278 g/mol. The van der Waals surface area contributed by atoms with E-state index < -0.39 is 0 Å². The van der Waals surface area contributed by atoms with Crippen LogP contribution >= 0.6 is 0 Å². The van der Waals surface area contributed by atoms with Gasteiger partial charge in [-0.3, -0.25) is 14.5 Å². The maximum atomic E-state index is 11.9. The van der Waals surface area contributed by atoms with Crippen LogP contribution in [0, 0.1) is 6.92 Å². The second-order valence-corrected chi connectivity index (χ2v) is 5.55. The summed E-state index contributed by atoms with van der Waals surface area (Å²) in [6.45, 7) is 7.42. The van der Waals surface area contributed by atoms with E-state index in [1.807, 2.05) is 31.5 Å². The van der Waals surface area contributed by atoms with Crippen molar-refractivity contribution in [1.29, 1.82) is 0 Å². The first-order chi connectivity index (χ1) is 10.5. The summed E-state index contributed by atoms with van der Waals surface area (Å²) in [5.41, 5.74) is 2.88. The Morgan fingerprint density at radius 2 is 1.82 bits per heavy atom. The number of fused-ring (bicyclic) bond motifs is 1. The third-order valence-electron chi connectivity index (χ3n) is 3.49. The average molecular weight is 295 g/mol. The standard InChI is InChI=1S/C16H17N5O/c1-9(2)21-15-8-19-14(12-6-17-11(4)18-7-12)5-13(15)16(20-21)10(3)22/h5-9H,1-4H3. The second-order valence-electron chi connectivity index (χ2n) is 5.55. The minimum absolute atomic E-state index is 0.0540. The van der Waals surface area contributed by atoms with Gasteiger partial charge in [0.15, 0.2) is 5.78 Å². The fourth-order valence-corrected chi connectivity index (χ4v) is 2.37. The lowest BCUT2D eigenvalue weighted by Gasteiger charge is -2.07. The van der Waals surface area contributed by atoms with E-state index in [9.17, 15) is 4.79 Å². The number of hydrogen-bond acceptors (Lipinski definition) is 5. The van der Waals surface area contributed by atoms with Gasteiger partial charge in [0.25, 0.3) is 0 Å². The number of carbonyl (C=O) groups is 1. The summed E-state index contributed by atoms with van der Waals surface area (Å²) in [7, 11) is 0. The molecule has 22 heavy (non-hydrogen) atoms. The number of hydrogen-bond donors (Lipinski definition) is 0. The molecule has 0 saturated heterocycles. The van der Waals surface area contributed by atoms with Gasteiger partial charge in [0.2, 0.25) is 0 Å². The van der Waals surface area contributed by atoms with Crippen molar-refractivity contribution in [1.82, 2.24) is 24.7 Å². The van der Waals surface area contributed by atoms with Crippen molar-refractivity contribution in [3.05, 3.63) is 36.2 Å². The van der Waals surface area contributed by atoms with E-state index in [0.717, 1.165) is 22.2 Å². The number of Topliss-reactive ketones (excluding diaryl/α,β-unsaturated/α-hetero) is 1.